The van der Waals surface area contributed by atoms with Crippen LogP contribution in [0.5, 0.6) is 0 Å². The van der Waals surface area contributed by atoms with E-state index in [-0.39, 0.29) is 5.91 Å². The molecule has 21 heavy (non-hydrogen) atoms. The van der Waals surface area contributed by atoms with Crippen molar-refractivity contribution in [3.8, 4) is 0 Å². The average molecular weight is 490 g/mol. The van der Waals surface area contributed by atoms with Crippen molar-refractivity contribution in [2.75, 3.05) is 6.54 Å². The van der Waals surface area contributed by atoms with Crippen molar-refractivity contribution >= 4 is 25.4 Å². The third kappa shape index (κ3) is 6.22. The van der Waals surface area contributed by atoms with E-state index in [1.807, 2.05) is 42.6 Å². The van der Waals surface area contributed by atoms with Crippen LogP contribution in [0.4, 0.5) is 0 Å². The number of benzene rings is 1. The molecule has 0 aliphatic heterocycles. The normalized spacial score (nSPS) is 13.8. The molecule has 0 spiro atoms. The third-order valence-corrected chi connectivity index (χ3v) is 3.53. The quantitative estimate of drug-likeness (QED) is 0.321. The number of rotatable bonds is 5. The van der Waals surface area contributed by atoms with E-state index in [9.17, 15) is 4.79 Å². The average Bonchev–Trinajstić information content (AvgIpc) is 2.58. The molecule has 0 unspecified atom stereocenters. The Morgan fingerprint density at radius 3 is 2.76 bits per heavy atom. The van der Waals surface area contributed by atoms with E-state index in [1.165, 1.54) is 18.5 Å². The van der Waals surface area contributed by atoms with Crippen LogP contribution in [0.2, 0.25) is 0 Å². The molecule has 0 atom stereocenters. The Hall–Kier alpha value is -0.178. The second-order valence-corrected chi connectivity index (χ2v) is 5.03. The first-order valence-electron chi connectivity index (χ1n) is 7.42. The fraction of sp³-hybridized carbons (Fsp3) is 0.471. The maximum atomic E-state index is 12.6. The molecule has 0 fully saturated rings. The summed E-state index contributed by atoms with van der Waals surface area (Å²) in [5.74, 6) is 0.0993. The van der Waals surface area contributed by atoms with Crippen molar-refractivity contribution in [2.24, 2.45) is 0 Å². The van der Waals surface area contributed by atoms with Gasteiger partial charge in [-0.15, -0.1) is 30.3 Å². The molecule has 0 N–H and O–H groups in total. The van der Waals surface area contributed by atoms with E-state index >= 15 is 0 Å². The third-order valence-electron chi connectivity index (χ3n) is 3.53. The van der Waals surface area contributed by atoms with Gasteiger partial charge in [-0.2, -0.15) is 0 Å². The van der Waals surface area contributed by atoms with E-state index < -0.39 is 0 Å². The first-order valence-corrected chi connectivity index (χ1v) is 12.0. The summed E-state index contributed by atoms with van der Waals surface area (Å²) in [7, 11) is 0. The van der Waals surface area contributed by atoms with Crippen LogP contribution in [0.25, 0.3) is 0 Å². The molecule has 0 saturated heterocycles. The zero-order valence-electron chi connectivity index (χ0n) is 12.4. The first kappa shape index (κ1) is 18.9. The fourth-order valence-electron chi connectivity index (χ4n) is 2.43. The van der Waals surface area contributed by atoms with E-state index in [0.29, 0.717) is 5.56 Å². The summed E-state index contributed by atoms with van der Waals surface area (Å²) in [4.78, 5) is 14.6. The molecule has 2 rings (SSSR count). The summed E-state index contributed by atoms with van der Waals surface area (Å²) in [6.07, 6.45) is 8.97. The Bertz CT molecular complexity index is 447. The van der Waals surface area contributed by atoms with E-state index in [0.717, 1.165) is 32.2 Å². The molecule has 118 valence electrons. The zero-order valence-corrected chi connectivity index (χ0v) is 16.1. The van der Waals surface area contributed by atoms with Crippen LogP contribution in [0, 0.1) is 6.07 Å². The Labute approximate surface area is 149 Å². The van der Waals surface area contributed by atoms with Crippen molar-refractivity contribution in [3.05, 3.63) is 47.7 Å². The monoisotopic (exact) mass is 489 g/mol. The predicted octanol–water partition coefficient (Wildman–Crippen LogP) is 5.07. The Morgan fingerprint density at radius 1 is 1.38 bits per heavy atom. The van der Waals surface area contributed by atoms with Crippen LogP contribution < -0.4 is 0 Å². The van der Waals surface area contributed by atoms with Gasteiger partial charge in [-0.05, 0) is 32.1 Å². The van der Waals surface area contributed by atoms with Crippen LogP contribution >= 0.6 is 19.5 Å². The molecule has 0 radical (unpaired) electrons. The minimum absolute atomic E-state index is 0.0993. The number of hydrogen-bond acceptors (Lipinski definition) is 1. The number of carbonyl (C=O) groups is 1. The van der Waals surface area contributed by atoms with E-state index in [2.05, 4.69) is 34.7 Å². The Balaban J connectivity index is 0.00000106. The first-order chi connectivity index (χ1) is 10.3. The van der Waals surface area contributed by atoms with Gasteiger partial charge in [0.2, 0.25) is 0 Å². The minimum atomic E-state index is 0.0993. The number of nitrogens with zero attached hydrogens (tertiary/aromatic N) is 1. The summed E-state index contributed by atoms with van der Waals surface area (Å²) in [6, 6.07) is 10.5. The van der Waals surface area contributed by atoms with Crippen LogP contribution in [0.3, 0.4) is 0 Å². The van der Waals surface area contributed by atoms with Crippen molar-refractivity contribution in [3.63, 3.8) is 0 Å². The Morgan fingerprint density at radius 2 is 2.19 bits per heavy atom. The molecule has 0 aromatic heterocycles. The molecule has 0 heterocycles. The van der Waals surface area contributed by atoms with E-state index in [1.54, 1.807) is 6.07 Å². The predicted molar refractivity (Wildman–Crippen MR) is 91.8 cm³/mol. The van der Waals surface area contributed by atoms with Crippen molar-refractivity contribution in [1.82, 2.24) is 4.90 Å². The molecule has 4 heteroatoms. The van der Waals surface area contributed by atoms with Gasteiger partial charge < -0.3 is 9.69 Å². The van der Waals surface area contributed by atoms with Gasteiger partial charge >= 0.3 is 35.1 Å². The summed E-state index contributed by atoms with van der Waals surface area (Å²) >= 11 is 4.72. The molecule has 1 aliphatic carbocycles. The fourth-order valence-corrected chi connectivity index (χ4v) is 2.43. The summed E-state index contributed by atoms with van der Waals surface area (Å²) in [5.41, 5.74) is 1.88. The number of unbranched alkanes of at least 4 members (excludes halogenated alkanes) is 1. The van der Waals surface area contributed by atoms with Crippen molar-refractivity contribution in [1.29, 1.82) is 0 Å². The van der Waals surface area contributed by atoms with E-state index in [4.69, 9.17) is 0 Å². The maximum absolute atomic E-state index is 12.6. The Kier molecular flexibility index (Phi) is 10.2. The number of amides is 1. The standard InChI is InChI=1S/C17H22NO.HI.Pd/c1-2-3-14-18(16-12-8-5-9-13-16)17(19)15-10-6-4-7-11-15;;/h4,6-7,10,12H,2-3,5,8-9,13-14H2,1H3;1H;/q-1;;+2/p-1. The van der Waals surface area contributed by atoms with Gasteiger partial charge in [0.25, 0.3) is 0 Å². The van der Waals surface area contributed by atoms with Gasteiger partial charge in [0.15, 0.2) is 5.91 Å². The van der Waals surface area contributed by atoms with Crippen LogP contribution in [-0.2, 0) is 15.6 Å². The van der Waals surface area contributed by atoms with Crippen LogP contribution in [0.1, 0.15) is 55.8 Å². The second kappa shape index (κ2) is 11.4. The topological polar surface area (TPSA) is 20.3 Å². The van der Waals surface area contributed by atoms with Gasteiger partial charge in [-0.3, -0.25) is 0 Å². The SMILES string of the molecule is CCCCN(C(=O)c1[c-]cccc1)C1=CCCCC1.[Pd+][I]. The second-order valence-electron chi connectivity index (χ2n) is 5.03. The molecule has 0 saturated carbocycles. The van der Waals surface area contributed by atoms with Crippen molar-refractivity contribution in [2.45, 2.75) is 45.4 Å². The molecule has 2 nitrogen and oxygen atoms in total. The zero-order chi connectivity index (χ0) is 15.5. The number of carbonyl (C=O) groups excluding carboxylic acids is 1. The van der Waals surface area contributed by atoms with Gasteiger partial charge in [0, 0.05) is 12.2 Å². The van der Waals surface area contributed by atoms with Crippen LogP contribution in [-0.4, -0.2) is 17.4 Å². The molecule has 1 amide bonds. The number of hydrogen-bond donors (Lipinski definition) is 0. The molecule has 0 bridgehead atoms. The molecular formula is C17H22INOPd. The van der Waals surface area contributed by atoms with Gasteiger partial charge in [0.05, 0.1) is 0 Å². The van der Waals surface area contributed by atoms with Crippen LogP contribution in [0.15, 0.2) is 36.0 Å². The molecule has 1 aromatic carbocycles. The number of halogens is 1. The van der Waals surface area contributed by atoms with Gasteiger partial charge in [-0.1, -0.05) is 25.0 Å². The summed E-state index contributed by atoms with van der Waals surface area (Å²) in [5, 5.41) is 0. The van der Waals surface area contributed by atoms with Gasteiger partial charge in [-0.25, -0.2) is 0 Å². The molecular weight excluding hydrogens is 468 g/mol. The van der Waals surface area contributed by atoms with Crippen molar-refractivity contribution < 1.29 is 20.4 Å². The summed E-state index contributed by atoms with van der Waals surface area (Å²) in [6.45, 7) is 2.98. The number of allylic oxidation sites excluding steroid dienone is 2. The summed E-state index contributed by atoms with van der Waals surface area (Å²) < 4.78 is 0. The van der Waals surface area contributed by atoms with Gasteiger partial charge in [0.1, 0.15) is 0 Å². The molecule has 1 aromatic rings. The molecule has 1 aliphatic rings.